The van der Waals surface area contributed by atoms with Crippen molar-refractivity contribution in [2.75, 3.05) is 19.8 Å². The first-order valence-electron chi connectivity index (χ1n) is 7.14. The number of rotatable bonds is 7. The predicted octanol–water partition coefficient (Wildman–Crippen LogP) is 0.963. The predicted molar refractivity (Wildman–Crippen MR) is 82.7 cm³/mol. The summed E-state index contributed by atoms with van der Waals surface area (Å²) >= 11 is 5.20. The number of carbonyl (C=O) groups excluding carboxylic acids is 3. The van der Waals surface area contributed by atoms with Crippen LogP contribution >= 0.6 is 12.2 Å². The van der Waals surface area contributed by atoms with Crippen molar-refractivity contribution < 1.29 is 24.0 Å². The van der Waals surface area contributed by atoms with E-state index in [1.54, 1.807) is 0 Å². The van der Waals surface area contributed by atoms with Gasteiger partial charge in [-0.15, -0.1) is 5.06 Å². The normalized spacial score (nSPS) is 15.1. The average molecular weight is 330 g/mol. The third kappa shape index (κ3) is 6.07. The lowest BCUT2D eigenvalue weighted by Crippen LogP contribution is -2.35. The van der Waals surface area contributed by atoms with Crippen molar-refractivity contribution in [2.24, 2.45) is 5.41 Å². The number of hydrogen-bond donors (Lipinski definition) is 1. The van der Waals surface area contributed by atoms with Crippen LogP contribution in [-0.4, -0.2) is 47.6 Å². The fraction of sp³-hybridized carbons (Fsp3) is 0.714. The van der Waals surface area contributed by atoms with Crippen molar-refractivity contribution in [3.8, 4) is 0 Å². The largest absolute Gasteiger partial charge is 0.379 e. The van der Waals surface area contributed by atoms with Crippen molar-refractivity contribution >= 4 is 35.0 Å². The van der Waals surface area contributed by atoms with Gasteiger partial charge in [0.2, 0.25) is 0 Å². The summed E-state index contributed by atoms with van der Waals surface area (Å²) in [6, 6.07) is 0. The molecular formula is C14H22N2O5S. The third-order valence-corrected chi connectivity index (χ3v) is 3.62. The summed E-state index contributed by atoms with van der Waals surface area (Å²) in [7, 11) is 0. The number of hydrogen-bond acceptors (Lipinski definition) is 6. The van der Waals surface area contributed by atoms with E-state index in [2.05, 4.69) is 5.32 Å². The monoisotopic (exact) mass is 330 g/mol. The topological polar surface area (TPSA) is 84.9 Å². The molecule has 22 heavy (non-hydrogen) atoms. The van der Waals surface area contributed by atoms with Gasteiger partial charge in [0, 0.05) is 24.8 Å². The summed E-state index contributed by atoms with van der Waals surface area (Å²) < 4.78 is 5.27. The molecule has 1 saturated heterocycles. The highest BCUT2D eigenvalue weighted by Gasteiger charge is 2.32. The minimum Gasteiger partial charge on any atom is -0.379 e. The molecule has 0 aliphatic carbocycles. The number of nitrogens with one attached hydrogen (secondary N) is 1. The molecule has 0 bridgehead atoms. The highest BCUT2D eigenvalue weighted by atomic mass is 32.1. The second kappa shape index (κ2) is 8.19. The molecule has 0 aromatic heterocycles. The number of hydroxylamine groups is 2. The minimum atomic E-state index is -0.665. The molecule has 7 nitrogen and oxygen atoms in total. The van der Waals surface area contributed by atoms with Crippen molar-refractivity contribution in [2.45, 2.75) is 40.0 Å². The molecule has 0 aromatic carbocycles. The summed E-state index contributed by atoms with van der Waals surface area (Å²) in [6.07, 6.45) is 0.144. The highest BCUT2D eigenvalue weighted by Crippen LogP contribution is 2.14. The lowest BCUT2D eigenvalue weighted by atomic mass is 9.97. The Balaban J connectivity index is 2.10. The number of thiocarbonyl (C=S) groups is 1. The number of nitrogens with zero attached hydrogens (tertiary/aromatic N) is 1. The van der Waals surface area contributed by atoms with Gasteiger partial charge in [-0.25, -0.2) is 4.79 Å². The highest BCUT2D eigenvalue weighted by molar-refractivity contribution is 7.80. The van der Waals surface area contributed by atoms with Crippen molar-refractivity contribution in [3.63, 3.8) is 0 Å². The molecule has 1 heterocycles. The van der Waals surface area contributed by atoms with Gasteiger partial charge in [0.1, 0.15) is 0 Å². The van der Waals surface area contributed by atoms with Gasteiger partial charge in [-0.3, -0.25) is 9.59 Å². The van der Waals surface area contributed by atoms with E-state index in [1.807, 2.05) is 20.8 Å². The van der Waals surface area contributed by atoms with Gasteiger partial charge in [-0.1, -0.05) is 33.0 Å². The molecule has 0 radical (unpaired) electrons. The molecule has 1 N–H and O–H groups in total. The Labute approximate surface area is 135 Å². The first-order chi connectivity index (χ1) is 10.2. The van der Waals surface area contributed by atoms with E-state index >= 15 is 0 Å². The number of carbonyl (C=O) groups is 3. The zero-order valence-corrected chi connectivity index (χ0v) is 14.0. The molecule has 1 fully saturated rings. The van der Waals surface area contributed by atoms with Crippen LogP contribution in [0, 0.1) is 5.41 Å². The summed E-state index contributed by atoms with van der Waals surface area (Å²) in [5, 5.41) is 3.61. The van der Waals surface area contributed by atoms with E-state index < -0.39 is 17.8 Å². The molecular weight excluding hydrogens is 308 g/mol. The van der Waals surface area contributed by atoms with Gasteiger partial charge in [-0.2, -0.15) is 0 Å². The Bertz CT molecular complexity index is 443. The molecule has 0 spiro atoms. The van der Waals surface area contributed by atoms with Crippen LogP contribution in [0.3, 0.4) is 0 Å². The van der Waals surface area contributed by atoms with Crippen molar-refractivity contribution in [1.29, 1.82) is 0 Å². The van der Waals surface area contributed by atoms with E-state index in [-0.39, 0.29) is 31.3 Å². The Hall–Kier alpha value is -1.54. The minimum absolute atomic E-state index is 0.0270. The maximum atomic E-state index is 11.5. The summed E-state index contributed by atoms with van der Waals surface area (Å²) in [6.45, 7) is 7.14. The Kier molecular flexibility index (Phi) is 6.89. The van der Waals surface area contributed by atoms with Crippen molar-refractivity contribution in [3.05, 3.63) is 0 Å². The quantitative estimate of drug-likeness (QED) is 0.423. The molecule has 1 rings (SSSR count). The Morgan fingerprint density at radius 2 is 1.82 bits per heavy atom. The zero-order chi connectivity index (χ0) is 16.8. The molecule has 0 atom stereocenters. The Morgan fingerprint density at radius 3 is 2.36 bits per heavy atom. The first kappa shape index (κ1) is 18.5. The van der Waals surface area contributed by atoms with E-state index in [4.69, 9.17) is 21.8 Å². The van der Waals surface area contributed by atoms with Crippen LogP contribution in [0.1, 0.15) is 40.0 Å². The number of ether oxygens (including phenoxy) is 1. The van der Waals surface area contributed by atoms with Crippen LogP contribution in [0.5, 0.6) is 0 Å². The molecule has 124 valence electrons. The molecule has 1 aliphatic rings. The van der Waals surface area contributed by atoms with Gasteiger partial charge in [-0.05, 0) is 0 Å². The average Bonchev–Trinajstić information content (AvgIpc) is 2.73. The van der Waals surface area contributed by atoms with Crippen molar-refractivity contribution in [1.82, 2.24) is 10.4 Å². The van der Waals surface area contributed by atoms with E-state index in [0.29, 0.717) is 18.2 Å². The fourth-order valence-corrected chi connectivity index (χ4v) is 1.67. The smallest absolute Gasteiger partial charge is 0.335 e. The first-order valence-corrected chi connectivity index (χ1v) is 7.55. The molecule has 1 aliphatic heterocycles. The summed E-state index contributed by atoms with van der Waals surface area (Å²) in [5.41, 5.74) is -0.0893. The summed E-state index contributed by atoms with van der Waals surface area (Å²) in [4.78, 5) is 39.4. The van der Waals surface area contributed by atoms with Crippen LogP contribution in [-0.2, 0) is 24.0 Å². The Morgan fingerprint density at radius 1 is 1.23 bits per heavy atom. The van der Waals surface area contributed by atoms with Gasteiger partial charge < -0.3 is 14.9 Å². The second-order valence-electron chi connectivity index (χ2n) is 5.91. The van der Waals surface area contributed by atoms with E-state index in [9.17, 15) is 14.4 Å². The summed E-state index contributed by atoms with van der Waals surface area (Å²) in [5.74, 6) is -1.64. The fourth-order valence-electron chi connectivity index (χ4n) is 1.56. The maximum Gasteiger partial charge on any atom is 0.335 e. The zero-order valence-electron chi connectivity index (χ0n) is 13.1. The standard InChI is InChI=1S/C14H22N2O5S/c1-14(2,3)13(22)15-7-9-20-8-6-12(19)21-16-10(17)4-5-11(16)18/h4-9H2,1-3H3,(H,15,22). The molecule has 0 unspecified atom stereocenters. The lowest BCUT2D eigenvalue weighted by molar-refractivity contribution is -0.198. The van der Waals surface area contributed by atoms with Crippen LogP contribution < -0.4 is 5.32 Å². The van der Waals surface area contributed by atoms with Gasteiger partial charge in [0.15, 0.2) is 0 Å². The molecule has 2 amide bonds. The van der Waals surface area contributed by atoms with Gasteiger partial charge >= 0.3 is 5.97 Å². The molecule has 0 aromatic rings. The van der Waals surface area contributed by atoms with E-state index in [1.165, 1.54) is 0 Å². The number of amides is 2. The van der Waals surface area contributed by atoms with E-state index in [0.717, 1.165) is 4.99 Å². The molecule has 0 saturated carbocycles. The van der Waals surface area contributed by atoms with Crippen LogP contribution in [0.2, 0.25) is 0 Å². The van der Waals surface area contributed by atoms with Gasteiger partial charge in [0.05, 0.1) is 24.6 Å². The number of imide groups is 1. The lowest BCUT2D eigenvalue weighted by Gasteiger charge is -2.21. The maximum absolute atomic E-state index is 11.5. The van der Waals surface area contributed by atoms with Crippen LogP contribution in [0.25, 0.3) is 0 Å². The van der Waals surface area contributed by atoms with Gasteiger partial charge in [0.25, 0.3) is 11.8 Å². The van der Waals surface area contributed by atoms with Crippen LogP contribution in [0.4, 0.5) is 0 Å². The SMILES string of the molecule is CC(C)(C)C(=S)NCCOCCC(=O)ON1C(=O)CCC1=O. The van der Waals surface area contributed by atoms with Crippen LogP contribution in [0.15, 0.2) is 0 Å². The second-order valence-corrected chi connectivity index (χ2v) is 6.32. The third-order valence-electron chi connectivity index (χ3n) is 2.86. The molecule has 8 heteroatoms.